The van der Waals surface area contributed by atoms with E-state index < -0.39 is 0 Å². The minimum Gasteiger partial charge on any atom is -0.463 e. The standard InChI is InChI=1S/C12H13BrO2/c1-3-15-12(14)8-9(2)10-6-4-5-7-11(10)13/h4-8H,3H2,1-2H3. The second kappa shape index (κ2) is 5.71. The van der Waals surface area contributed by atoms with E-state index in [4.69, 9.17) is 4.74 Å². The van der Waals surface area contributed by atoms with E-state index in [1.54, 1.807) is 6.92 Å². The third-order valence-corrected chi connectivity index (χ3v) is 2.61. The monoisotopic (exact) mass is 268 g/mol. The Balaban J connectivity index is 2.89. The summed E-state index contributed by atoms with van der Waals surface area (Å²) in [5, 5.41) is 0. The van der Waals surface area contributed by atoms with Gasteiger partial charge in [0.2, 0.25) is 0 Å². The smallest absolute Gasteiger partial charge is 0.331 e. The minimum atomic E-state index is -0.300. The molecule has 80 valence electrons. The molecule has 1 rings (SSSR count). The van der Waals surface area contributed by atoms with Gasteiger partial charge in [-0.2, -0.15) is 0 Å². The number of carbonyl (C=O) groups is 1. The van der Waals surface area contributed by atoms with Crippen LogP contribution in [0.25, 0.3) is 5.57 Å². The van der Waals surface area contributed by atoms with E-state index in [0.717, 1.165) is 15.6 Å². The fourth-order valence-electron chi connectivity index (χ4n) is 1.22. The highest BCUT2D eigenvalue weighted by Gasteiger charge is 2.03. The van der Waals surface area contributed by atoms with Gasteiger partial charge in [-0.15, -0.1) is 0 Å². The first-order chi connectivity index (χ1) is 7.15. The lowest BCUT2D eigenvalue weighted by molar-refractivity contribution is -0.137. The SMILES string of the molecule is CCOC(=O)C=C(C)c1ccccc1Br. The lowest BCUT2D eigenvalue weighted by Gasteiger charge is -2.04. The molecule has 0 aromatic heterocycles. The molecule has 0 amide bonds. The van der Waals surface area contributed by atoms with E-state index in [1.807, 2.05) is 31.2 Å². The Morgan fingerprint density at radius 2 is 2.13 bits per heavy atom. The first-order valence-corrected chi connectivity index (χ1v) is 5.54. The number of carbonyl (C=O) groups excluding carboxylic acids is 1. The number of ether oxygens (including phenoxy) is 1. The Morgan fingerprint density at radius 3 is 2.73 bits per heavy atom. The van der Waals surface area contributed by atoms with Gasteiger partial charge in [0.25, 0.3) is 0 Å². The predicted octanol–water partition coefficient (Wildman–Crippen LogP) is 3.42. The summed E-state index contributed by atoms with van der Waals surface area (Å²) in [6, 6.07) is 7.76. The summed E-state index contributed by atoms with van der Waals surface area (Å²) in [5.74, 6) is -0.300. The van der Waals surface area contributed by atoms with Crippen molar-refractivity contribution in [2.75, 3.05) is 6.61 Å². The molecule has 1 aromatic rings. The summed E-state index contributed by atoms with van der Waals surface area (Å²) in [4.78, 5) is 11.2. The van der Waals surface area contributed by atoms with Crippen LogP contribution in [0.3, 0.4) is 0 Å². The first-order valence-electron chi connectivity index (χ1n) is 4.75. The zero-order chi connectivity index (χ0) is 11.3. The highest BCUT2D eigenvalue weighted by atomic mass is 79.9. The Kier molecular flexibility index (Phi) is 4.56. The number of rotatable bonds is 3. The summed E-state index contributed by atoms with van der Waals surface area (Å²) in [7, 11) is 0. The second-order valence-corrected chi connectivity index (χ2v) is 3.91. The number of allylic oxidation sites excluding steroid dienone is 1. The minimum absolute atomic E-state index is 0.300. The molecular formula is C12H13BrO2. The quantitative estimate of drug-likeness (QED) is 0.620. The average Bonchev–Trinajstić information content (AvgIpc) is 2.18. The van der Waals surface area contributed by atoms with Crippen molar-refractivity contribution in [2.24, 2.45) is 0 Å². The molecular weight excluding hydrogens is 256 g/mol. The average molecular weight is 269 g/mol. The largest absolute Gasteiger partial charge is 0.463 e. The van der Waals surface area contributed by atoms with Crippen molar-refractivity contribution >= 4 is 27.5 Å². The summed E-state index contributed by atoms with van der Waals surface area (Å²) < 4.78 is 5.82. The van der Waals surface area contributed by atoms with Crippen LogP contribution in [0.5, 0.6) is 0 Å². The van der Waals surface area contributed by atoms with Crippen LogP contribution in [-0.2, 0) is 9.53 Å². The molecule has 0 unspecified atom stereocenters. The number of hydrogen-bond donors (Lipinski definition) is 0. The Bertz CT molecular complexity index is 383. The molecule has 3 heteroatoms. The van der Waals surface area contributed by atoms with Crippen LogP contribution in [0.15, 0.2) is 34.8 Å². The second-order valence-electron chi connectivity index (χ2n) is 3.06. The maximum atomic E-state index is 11.2. The Labute approximate surface area is 98.1 Å². The third kappa shape index (κ3) is 3.51. The number of halogens is 1. The fourth-order valence-corrected chi connectivity index (χ4v) is 1.82. The van der Waals surface area contributed by atoms with Gasteiger partial charge in [-0.3, -0.25) is 0 Å². The van der Waals surface area contributed by atoms with Gasteiger partial charge in [0, 0.05) is 10.5 Å². The molecule has 1 aromatic carbocycles. The Morgan fingerprint density at radius 1 is 1.47 bits per heavy atom. The van der Waals surface area contributed by atoms with Crippen molar-refractivity contribution in [1.29, 1.82) is 0 Å². The van der Waals surface area contributed by atoms with Crippen LogP contribution >= 0.6 is 15.9 Å². The molecule has 0 N–H and O–H groups in total. The number of hydrogen-bond acceptors (Lipinski definition) is 2. The molecule has 15 heavy (non-hydrogen) atoms. The molecule has 0 spiro atoms. The molecule has 0 aliphatic heterocycles. The molecule has 0 radical (unpaired) electrons. The van der Waals surface area contributed by atoms with Crippen LogP contribution in [0, 0.1) is 0 Å². The highest BCUT2D eigenvalue weighted by Crippen LogP contribution is 2.23. The maximum absolute atomic E-state index is 11.2. The van der Waals surface area contributed by atoms with Crippen molar-refractivity contribution in [3.05, 3.63) is 40.4 Å². The van der Waals surface area contributed by atoms with Gasteiger partial charge in [0.1, 0.15) is 0 Å². The molecule has 0 heterocycles. The van der Waals surface area contributed by atoms with Crippen molar-refractivity contribution in [3.63, 3.8) is 0 Å². The Hall–Kier alpha value is -1.09. The van der Waals surface area contributed by atoms with E-state index in [1.165, 1.54) is 6.08 Å². The molecule has 0 saturated carbocycles. The topological polar surface area (TPSA) is 26.3 Å². The zero-order valence-electron chi connectivity index (χ0n) is 8.79. The van der Waals surface area contributed by atoms with Gasteiger partial charge in [-0.1, -0.05) is 34.1 Å². The van der Waals surface area contributed by atoms with Gasteiger partial charge in [-0.25, -0.2) is 4.79 Å². The molecule has 0 bridgehead atoms. The van der Waals surface area contributed by atoms with Crippen molar-refractivity contribution < 1.29 is 9.53 Å². The van der Waals surface area contributed by atoms with E-state index in [9.17, 15) is 4.79 Å². The van der Waals surface area contributed by atoms with Crippen LogP contribution < -0.4 is 0 Å². The predicted molar refractivity (Wildman–Crippen MR) is 64.4 cm³/mol. The summed E-state index contributed by atoms with van der Waals surface area (Å²) in [6.07, 6.45) is 1.50. The molecule has 0 atom stereocenters. The summed E-state index contributed by atoms with van der Waals surface area (Å²) >= 11 is 3.43. The molecule has 0 fully saturated rings. The third-order valence-electron chi connectivity index (χ3n) is 1.92. The van der Waals surface area contributed by atoms with Crippen LogP contribution in [0.1, 0.15) is 19.4 Å². The van der Waals surface area contributed by atoms with Crippen LogP contribution in [0.2, 0.25) is 0 Å². The number of esters is 1. The molecule has 0 aliphatic carbocycles. The summed E-state index contributed by atoms with van der Waals surface area (Å²) in [5.41, 5.74) is 1.89. The maximum Gasteiger partial charge on any atom is 0.331 e. The lowest BCUT2D eigenvalue weighted by Crippen LogP contribution is -2.00. The van der Waals surface area contributed by atoms with Gasteiger partial charge in [-0.05, 0) is 31.1 Å². The van der Waals surface area contributed by atoms with Gasteiger partial charge < -0.3 is 4.74 Å². The van der Waals surface area contributed by atoms with Gasteiger partial charge in [0.15, 0.2) is 0 Å². The van der Waals surface area contributed by atoms with Gasteiger partial charge >= 0.3 is 5.97 Å². The number of benzene rings is 1. The van der Waals surface area contributed by atoms with E-state index in [2.05, 4.69) is 15.9 Å². The van der Waals surface area contributed by atoms with Gasteiger partial charge in [0.05, 0.1) is 6.61 Å². The highest BCUT2D eigenvalue weighted by molar-refractivity contribution is 9.10. The van der Waals surface area contributed by atoms with E-state index in [-0.39, 0.29) is 5.97 Å². The van der Waals surface area contributed by atoms with Crippen molar-refractivity contribution in [1.82, 2.24) is 0 Å². The normalized spacial score (nSPS) is 11.3. The van der Waals surface area contributed by atoms with Crippen molar-refractivity contribution in [2.45, 2.75) is 13.8 Å². The first kappa shape index (κ1) is 12.0. The van der Waals surface area contributed by atoms with Crippen molar-refractivity contribution in [3.8, 4) is 0 Å². The fraction of sp³-hybridized carbons (Fsp3) is 0.250. The summed E-state index contributed by atoms with van der Waals surface area (Å²) in [6.45, 7) is 4.08. The van der Waals surface area contributed by atoms with E-state index >= 15 is 0 Å². The molecule has 0 aliphatic rings. The van der Waals surface area contributed by atoms with E-state index in [0.29, 0.717) is 6.61 Å². The van der Waals surface area contributed by atoms with Crippen LogP contribution in [0.4, 0.5) is 0 Å². The van der Waals surface area contributed by atoms with Crippen LogP contribution in [-0.4, -0.2) is 12.6 Å². The zero-order valence-corrected chi connectivity index (χ0v) is 10.4. The molecule has 2 nitrogen and oxygen atoms in total. The lowest BCUT2D eigenvalue weighted by atomic mass is 10.1. The molecule has 0 saturated heterocycles.